The first kappa shape index (κ1) is 12.2. The Hall–Kier alpha value is -0.310. The van der Waals surface area contributed by atoms with Crippen molar-refractivity contribution in [2.75, 3.05) is 0 Å². The van der Waals surface area contributed by atoms with E-state index >= 15 is 0 Å². The van der Waals surface area contributed by atoms with Crippen LogP contribution in [0.5, 0.6) is 0 Å². The highest BCUT2D eigenvalue weighted by molar-refractivity contribution is 9.10. The van der Waals surface area contributed by atoms with Gasteiger partial charge in [0.25, 0.3) is 0 Å². The Kier molecular flexibility index (Phi) is 4.06. The van der Waals surface area contributed by atoms with Crippen LogP contribution in [0.4, 0.5) is 0 Å². The van der Waals surface area contributed by atoms with E-state index in [-0.39, 0.29) is 4.83 Å². The van der Waals surface area contributed by atoms with Crippen molar-refractivity contribution in [1.82, 2.24) is 0 Å². The number of benzene rings is 2. The Morgan fingerprint density at radius 1 is 0.938 bits per heavy atom. The number of hydrogen-bond donors (Lipinski definition) is 0. The minimum atomic E-state index is 0.170. The van der Waals surface area contributed by atoms with Crippen LogP contribution in [0.2, 0.25) is 5.02 Å². The van der Waals surface area contributed by atoms with Gasteiger partial charge in [-0.3, -0.25) is 0 Å². The zero-order valence-corrected chi connectivity index (χ0v) is 12.3. The Morgan fingerprint density at radius 3 is 2.25 bits per heavy atom. The van der Waals surface area contributed by atoms with Crippen molar-refractivity contribution in [3.8, 4) is 0 Å². The first-order chi connectivity index (χ1) is 7.66. The van der Waals surface area contributed by atoms with Crippen LogP contribution in [0.3, 0.4) is 0 Å². The Bertz CT molecular complexity index is 462. The molecule has 16 heavy (non-hydrogen) atoms. The Balaban J connectivity index is 2.37. The van der Waals surface area contributed by atoms with Crippen molar-refractivity contribution in [2.24, 2.45) is 0 Å². The predicted molar refractivity (Wildman–Crippen MR) is 76.4 cm³/mol. The standard InChI is InChI=1S/C13H9Br2Cl/c14-11-6-10(7-12(16)8-11)13(15)9-4-2-1-3-5-9/h1-8,13H. The van der Waals surface area contributed by atoms with Gasteiger partial charge in [0.15, 0.2) is 0 Å². The van der Waals surface area contributed by atoms with Crippen LogP contribution < -0.4 is 0 Å². The van der Waals surface area contributed by atoms with Gasteiger partial charge in [0.2, 0.25) is 0 Å². The molecule has 0 spiro atoms. The fraction of sp³-hybridized carbons (Fsp3) is 0.0769. The smallest absolute Gasteiger partial charge is 0.0645 e. The molecule has 0 heterocycles. The average molecular weight is 360 g/mol. The summed E-state index contributed by atoms with van der Waals surface area (Å²) in [7, 11) is 0. The van der Waals surface area contributed by atoms with E-state index in [9.17, 15) is 0 Å². The number of hydrogen-bond acceptors (Lipinski definition) is 0. The van der Waals surface area contributed by atoms with E-state index in [0.29, 0.717) is 0 Å². The summed E-state index contributed by atoms with van der Waals surface area (Å²) in [5.74, 6) is 0. The zero-order valence-electron chi connectivity index (χ0n) is 8.33. The topological polar surface area (TPSA) is 0 Å². The molecular weight excluding hydrogens is 351 g/mol. The molecule has 82 valence electrons. The van der Waals surface area contributed by atoms with Gasteiger partial charge < -0.3 is 0 Å². The molecule has 0 aromatic heterocycles. The lowest BCUT2D eigenvalue weighted by molar-refractivity contribution is 1.17. The quantitative estimate of drug-likeness (QED) is 0.613. The van der Waals surface area contributed by atoms with Crippen LogP contribution >= 0.6 is 43.5 Å². The van der Waals surface area contributed by atoms with Crippen LogP contribution in [-0.2, 0) is 0 Å². The summed E-state index contributed by atoms with van der Waals surface area (Å²) in [6.07, 6.45) is 0. The molecule has 1 atom stereocenters. The highest BCUT2D eigenvalue weighted by atomic mass is 79.9. The van der Waals surface area contributed by atoms with Crippen molar-refractivity contribution < 1.29 is 0 Å². The van der Waals surface area contributed by atoms with Gasteiger partial charge in [0, 0.05) is 9.50 Å². The first-order valence-electron chi connectivity index (χ1n) is 4.82. The van der Waals surface area contributed by atoms with Crippen LogP contribution in [0, 0.1) is 0 Å². The summed E-state index contributed by atoms with van der Waals surface area (Å²) < 4.78 is 0.996. The third kappa shape index (κ3) is 2.88. The molecule has 0 N–H and O–H groups in total. The SMILES string of the molecule is Clc1cc(Br)cc(C(Br)c2ccccc2)c1. The maximum atomic E-state index is 6.03. The lowest BCUT2D eigenvalue weighted by Gasteiger charge is -2.11. The van der Waals surface area contributed by atoms with Gasteiger partial charge >= 0.3 is 0 Å². The van der Waals surface area contributed by atoms with Gasteiger partial charge in [-0.1, -0.05) is 73.8 Å². The van der Waals surface area contributed by atoms with E-state index in [4.69, 9.17) is 11.6 Å². The second-order valence-electron chi connectivity index (χ2n) is 3.48. The summed E-state index contributed by atoms with van der Waals surface area (Å²) >= 11 is 13.2. The maximum absolute atomic E-state index is 6.03. The molecule has 0 saturated carbocycles. The molecule has 2 aromatic carbocycles. The second kappa shape index (κ2) is 5.35. The van der Waals surface area contributed by atoms with Crippen molar-refractivity contribution in [1.29, 1.82) is 0 Å². The molecule has 2 aromatic rings. The number of rotatable bonds is 2. The highest BCUT2D eigenvalue weighted by Crippen LogP contribution is 2.33. The maximum Gasteiger partial charge on any atom is 0.0645 e. The van der Waals surface area contributed by atoms with Crippen LogP contribution in [0.1, 0.15) is 16.0 Å². The van der Waals surface area contributed by atoms with Crippen molar-refractivity contribution in [3.63, 3.8) is 0 Å². The van der Waals surface area contributed by atoms with E-state index in [2.05, 4.69) is 50.1 Å². The van der Waals surface area contributed by atoms with Crippen molar-refractivity contribution >= 4 is 43.5 Å². The fourth-order valence-corrected chi connectivity index (χ4v) is 2.99. The highest BCUT2D eigenvalue weighted by Gasteiger charge is 2.10. The van der Waals surface area contributed by atoms with Crippen LogP contribution in [0.15, 0.2) is 53.0 Å². The lowest BCUT2D eigenvalue weighted by atomic mass is 10.1. The van der Waals surface area contributed by atoms with E-state index in [1.165, 1.54) is 5.56 Å². The van der Waals surface area contributed by atoms with E-state index in [1.807, 2.05) is 30.3 Å². The summed E-state index contributed by atoms with van der Waals surface area (Å²) in [4.78, 5) is 0.170. The van der Waals surface area contributed by atoms with Gasteiger partial charge in [-0.05, 0) is 29.3 Å². The van der Waals surface area contributed by atoms with Gasteiger partial charge in [0.05, 0.1) is 4.83 Å². The molecule has 0 saturated heterocycles. The Labute approximate surface area is 117 Å². The molecule has 0 aliphatic rings. The van der Waals surface area contributed by atoms with E-state index in [0.717, 1.165) is 15.1 Å². The summed E-state index contributed by atoms with van der Waals surface area (Å²) in [5, 5.41) is 0.741. The zero-order chi connectivity index (χ0) is 11.5. The third-order valence-corrected chi connectivity index (χ3v) is 4.00. The van der Waals surface area contributed by atoms with Crippen LogP contribution in [0.25, 0.3) is 0 Å². The number of alkyl halides is 1. The first-order valence-corrected chi connectivity index (χ1v) is 6.90. The van der Waals surface area contributed by atoms with Gasteiger partial charge in [-0.25, -0.2) is 0 Å². The molecular formula is C13H9Br2Cl. The minimum absolute atomic E-state index is 0.170. The lowest BCUT2D eigenvalue weighted by Crippen LogP contribution is -1.92. The van der Waals surface area contributed by atoms with E-state index < -0.39 is 0 Å². The summed E-state index contributed by atoms with van der Waals surface area (Å²) in [6.45, 7) is 0. The van der Waals surface area contributed by atoms with Gasteiger partial charge in [0.1, 0.15) is 0 Å². The monoisotopic (exact) mass is 358 g/mol. The summed E-state index contributed by atoms with van der Waals surface area (Å²) in [5.41, 5.74) is 2.36. The average Bonchev–Trinajstić information content (AvgIpc) is 2.28. The fourth-order valence-electron chi connectivity index (χ4n) is 1.54. The van der Waals surface area contributed by atoms with Crippen molar-refractivity contribution in [3.05, 3.63) is 69.2 Å². The molecule has 0 bridgehead atoms. The molecule has 3 heteroatoms. The largest absolute Gasteiger partial charge is 0.0843 e. The Morgan fingerprint density at radius 2 is 1.62 bits per heavy atom. The third-order valence-electron chi connectivity index (χ3n) is 2.27. The van der Waals surface area contributed by atoms with Crippen LogP contribution in [-0.4, -0.2) is 0 Å². The molecule has 0 radical (unpaired) electrons. The van der Waals surface area contributed by atoms with Crippen molar-refractivity contribution in [2.45, 2.75) is 4.83 Å². The van der Waals surface area contributed by atoms with E-state index in [1.54, 1.807) is 0 Å². The molecule has 2 rings (SSSR count). The molecule has 0 amide bonds. The second-order valence-corrected chi connectivity index (χ2v) is 5.74. The van der Waals surface area contributed by atoms with Gasteiger partial charge in [-0.15, -0.1) is 0 Å². The predicted octanol–water partition coefficient (Wildman–Crippen LogP) is 5.59. The number of halogens is 3. The summed E-state index contributed by atoms with van der Waals surface area (Å²) in [6, 6.07) is 16.2. The molecule has 0 fully saturated rings. The molecule has 0 aliphatic carbocycles. The molecule has 1 unspecified atom stereocenters. The molecule has 0 aliphatic heterocycles. The van der Waals surface area contributed by atoms with Gasteiger partial charge in [-0.2, -0.15) is 0 Å². The normalized spacial score (nSPS) is 12.4. The molecule has 0 nitrogen and oxygen atoms in total. The minimum Gasteiger partial charge on any atom is -0.0843 e.